The van der Waals surface area contributed by atoms with E-state index in [4.69, 9.17) is 0 Å². The maximum Gasteiger partial charge on any atom is 0.124 e. The number of hydrogen-bond acceptors (Lipinski definition) is 3. The fourth-order valence-electron chi connectivity index (χ4n) is 2.09. The van der Waals surface area contributed by atoms with Crippen LogP contribution in [0.5, 0.6) is 0 Å². The molecule has 2 heterocycles. The highest BCUT2D eigenvalue weighted by Crippen LogP contribution is 2.39. The summed E-state index contributed by atoms with van der Waals surface area (Å²) < 4.78 is 3.86. The Morgan fingerprint density at radius 3 is 2.79 bits per heavy atom. The number of halogens is 1. The quantitative estimate of drug-likeness (QED) is 0.916. The first-order chi connectivity index (χ1) is 8.76. The molecule has 1 fully saturated rings. The largest absolute Gasteiger partial charge is 0.365 e. The third kappa shape index (κ3) is 3.10. The zero-order chi connectivity index (χ0) is 12.5. The van der Waals surface area contributed by atoms with Gasteiger partial charge in [0.05, 0.1) is 17.9 Å². The standard InChI is InChI=1S/C13H19N5.ClH/c1-3-18-7-6-11(15-18)9-14-13-8-12(10-4-5-10)16-17(13)2;/h6-8,10,14H,3-5,9H2,1-2H3;1H. The predicted molar refractivity (Wildman–Crippen MR) is 77.7 cm³/mol. The Hall–Kier alpha value is -1.49. The molecule has 0 aliphatic heterocycles. The molecule has 5 nitrogen and oxygen atoms in total. The van der Waals surface area contributed by atoms with Gasteiger partial charge in [-0.1, -0.05) is 0 Å². The van der Waals surface area contributed by atoms with Crippen molar-refractivity contribution >= 4 is 18.2 Å². The van der Waals surface area contributed by atoms with Crippen LogP contribution in [0.2, 0.25) is 0 Å². The van der Waals surface area contributed by atoms with E-state index in [1.54, 1.807) is 0 Å². The van der Waals surface area contributed by atoms with Gasteiger partial charge in [0.15, 0.2) is 0 Å². The van der Waals surface area contributed by atoms with E-state index in [-0.39, 0.29) is 12.4 Å². The van der Waals surface area contributed by atoms with Crippen LogP contribution < -0.4 is 5.32 Å². The van der Waals surface area contributed by atoms with Crippen molar-refractivity contribution in [3.63, 3.8) is 0 Å². The molecule has 0 spiro atoms. The van der Waals surface area contributed by atoms with Crippen LogP contribution in [0, 0.1) is 0 Å². The maximum atomic E-state index is 4.53. The molecule has 1 saturated carbocycles. The minimum atomic E-state index is 0. The molecule has 1 aliphatic carbocycles. The molecule has 0 atom stereocenters. The van der Waals surface area contributed by atoms with Gasteiger partial charge in [0.1, 0.15) is 5.82 Å². The number of aryl methyl sites for hydroxylation is 2. The zero-order valence-corrected chi connectivity index (χ0v) is 12.2. The van der Waals surface area contributed by atoms with Gasteiger partial charge in [-0.25, -0.2) is 0 Å². The molecule has 2 aromatic heterocycles. The Morgan fingerprint density at radius 2 is 2.16 bits per heavy atom. The van der Waals surface area contributed by atoms with Crippen LogP contribution in [0.3, 0.4) is 0 Å². The molecule has 0 saturated heterocycles. The van der Waals surface area contributed by atoms with E-state index in [0.29, 0.717) is 5.92 Å². The molecule has 1 aliphatic rings. The van der Waals surface area contributed by atoms with Crippen molar-refractivity contribution in [2.24, 2.45) is 7.05 Å². The number of anilines is 1. The second-order valence-electron chi connectivity index (χ2n) is 4.87. The van der Waals surface area contributed by atoms with Crippen molar-refractivity contribution in [2.75, 3.05) is 5.32 Å². The first-order valence-electron chi connectivity index (χ1n) is 6.56. The number of nitrogens with one attached hydrogen (secondary N) is 1. The summed E-state index contributed by atoms with van der Waals surface area (Å²) >= 11 is 0. The van der Waals surface area contributed by atoms with Crippen molar-refractivity contribution in [3.8, 4) is 0 Å². The van der Waals surface area contributed by atoms with Gasteiger partial charge < -0.3 is 5.32 Å². The van der Waals surface area contributed by atoms with E-state index in [9.17, 15) is 0 Å². The van der Waals surface area contributed by atoms with Crippen molar-refractivity contribution in [1.29, 1.82) is 0 Å². The summed E-state index contributed by atoms with van der Waals surface area (Å²) in [6, 6.07) is 4.21. The van der Waals surface area contributed by atoms with E-state index in [0.717, 1.165) is 24.6 Å². The predicted octanol–water partition coefficient (Wildman–Crippen LogP) is 2.55. The molecule has 0 unspecified atom stereocenters. The Kier molecular flexibility index (Phi) is 4.14. The highest BCUT2D eigenvalue weighted by atomic mass is 35.5. The van der Waals surface area contributed by atoms with E-state index >= 15 is 0 Å². The molecule has 2 aromatic rings. The van der Waals surface area contributed by atoms with Crippen molar-refractivity contribution < 1.29 is 0 Å². The summed E-state index contributed by atoms with van der Waals surface area (Å²) in [4.78, 5) is 0. The Labute approximate surface area is 119 Å². The topological polar surface area (TPSA) is 47.7 Å². The van der Waals surface area contributed by atoms with Gasteiger partial charge >= 0.3 is 0 Å². The fraction of sp³-hybridized carbons (Fsp3) is 0.538. The van der Waals surface area contributed by atoms with E-state index in [1.165, 1.54) is 18.5 Å². The van der Waals surface area contributed by atoms with Crippen LogP contribution in [0.25, 0.3) is 0 Å². The van der Waals surface area contributed by atoms with Crippen molar-refractivity contribution in [2.45, 2.75) is 38.8 Å². The normalized spacial score (nSPS) is 14.2. The summed E-state index contributed by atoms with van der Waals surface area (Å²) in [6.07, 6.45) is 4.59. The van der Waals surface area contributed by atoms with E-state index in [2.05, 4.69) is 34.6 Å². The minimum absolute atomic E-state index is 0. The van der Waals surface area contributed by atoms with E-state index < -0.39 is 0 Å². The molecule has 6 heteroatoms. The lowest BCUT2D eigenvalue weighted by atomic mass is 10.3. The summed E-state index contributed by atoms with van der Waals surface area (Å²) in [5.74, 6) is 1.77. The summed E-state index contributed by atoms with van der Waals surface area (Å²) in [5, 5.41) is 12.4. The van der Waals surface area contributed by atoms with Crippen molar-refractivity contribution in [3.05, 3.63) is 29.7 Å². The van der Waals surface area contributed by atoms with E-state index in [1.807, 2.05) is 22.6 Å². The van der Waals surface area contributed by atoms with Crippen molar-refractivity contribution in [1.82, 2.24) is 19.6 Å². The van der Waals surface area contributed by atoms with Gasteiger partial charge in [-0.3, -0.25) is 9.36 Å². The molecule has 1 N–H and O–H groups in total. The zero-order valence-electron chi connectivity index (χ0n) is 11.3. The molecule has 0 bridgehead atoms. The second kappa shape index (κ2) is 5.65. The minimum Gasteiger partial charge on any atom is -0.365 e. The lowest BCUT2D eigenvalue weighted by Crippen LogP contribution is -2.05. The van der Waals surface area contributed by atoms with Crippen LogP contribution >= 0.6 is 12.4 Å². The smallest absolute Gasteiger partial charge is 0.124 e. The van der Waals surface area contributed by atoms with Gasteiger partial charge in [-0.2, -0.15) is 10.2 Å². The molecule has 0 amide bonds. The molecular weight excluding hydrogens is 262 g/mol. The number of aromatic nitrogens is 4. The monoisotopic (exact) mass is 281 g/mol. The average molecular weight is 282 g/mol. The Morgan fingerprint density at radius 1 is 1.37 bits per heavy atom. The maximum absolute atomic E-state index is 4.53. The van der Waals surface area contributed by atoms with Crippen LogP contribution in [0.1, 0.15) is 37.1 Å². The molecule has 3 rings (SSSR count). The Balaban J connectivity index is 0.00000133. The van der Waals surface area contributed by atoms with Gasteiger partial charge in [0.2, 0.25) is 0 Å². The van der Waals surface area contributed by atoms with Crippen LogP contribution in [0.15, 0.2) is 18.3 Å². The molecule has 0 aromatic carbocycles. The lowest BCUT2D eigenvalue weighted by molar-refractivity contribution is 0.648. The number of rotatable bonds is 5. The molecule has 19 heavy (non-hydrogen) atoms. The number of nitrogens with zero attached hydrogens (tertiary/aromatic N) is 4. The van der Waals surface area contributed by atoms with Gasteiger partial charge in [-0.15, -0.1) is 12.4 Å². The third-order valence-corrected chi connectivity index (χ3v) is 3.36. The average Bonchev–Trinajstić information content (AvgIpc) is 3.01. The summed E-state index contributed by atoms with van der Waals surface area (Å²) in [7, 11) is 1.98. The van der Waals surface area contributed by atoms with Crippen LogP contribution in [-0.2, 0) is 20.1 Å². The third-order valence-electron chi connectivity index (χ3n) is 3.36. The second-order valence-corrected chi connectivity index (χ2v) is 4.87. The molecular formula is C13H20ClN5. The molecule has 0 radical (unpaired) electrons. The fourth-order valence-corrected chi connectivity index (χ4v) is 2.09. The van der Waals surface area contributed by atoms with Crippen LogP contribution in [-0.4, -0.2) is 19.6 Å². The van der Waals surface area contributed by atoms with Crippen LogP contribution in [0.4, 0.5) is 5.82 Å². The van der Waals surface area contributed by atoms with Gasteiger partial charge in [0.25, 0.3) is 0 Å². The van der Waals surface area contributed by atoms with Gasteiger partial charge in [0, 0.05) is 31.8 Å². The first kappa shape index (κ1) is 13.9. The highest BCUT2D eigenvalue weighted by Gasteiger charge is 2.26. The Bertz CT molecular complexity index is 541. The molecule has 104 valence electrons. The van der Waals surface area contributed by atoms with Gasteiger partial charge in [-0.05, 0) is 25.8 Å². The highest BCUT2D eigenvalue weighted by molar-refractivity contribution is 5.85. The summed E-state index contributed by atoms with van der Waals surface area (Å²) in [5.41, 5.74) is 2.28. The SMILES string of the molecule is CCn1ccc(CNc2cc(C3CC3)nn2C)n1.Cl. The first-order valence-corrected chi connectivity index (χ1v) is 6.56. The number of hydrogen-bond donors (Lipinski definition) is 1. The lowest BCUT2D eigenvalue weighted by Gasteiger charge is -2.03. The summed E-state index contributed by atoms with van der Waals surface area (Å²) in [6.45, 7) is 3.75.